The second kappa shape index (κ2) is 6.41. The zero-order chi connectivity index (χ0) is 8.69. The van der Waals surface area contributed by atoms with Gasteiger partial charge in [-0.05, 0) is 25.3 Å². The fourth-order valence-electron chi connectivity index (χ4n) is 1.08. The number of hydrogen-bond donors (Lipinski definition) is 1. The number of allylic oxidation sites excluding steroid dienone is 1. The number of rotatable bonds is 5. The standard InChI is InChI=1S/C10H20O/c1-4-6-8-10(11)9(3)7-5-2/h7,10-11H,4-6,8H2,1-3H3. The summed E-state index contributed by atoms with van der Waals surface area (Å²) in [6.45, 7) is 6.24. The van der Waals surface area contributed by atoms with Crippen LogP contribution in [0, 0.1) is 0 Å². The van der Waals surface area contributed by atoms with Crippen LogP contribution < -0.4 is 0 Å². The molecule has 0 bridgehead atoms. The van der Waals surface area contributed by atoms with E-state index >= 15 is 0 Å². The smallest absolute Gasteiger partial charge is 0.0747 e. The van der Waals surface area contributed by atoms with E-state index < -0.39 is 0 Å². The van der Waals surface area contributed by atoms with E-state index in [4.69, 9.17) is 0 Å². The van der Waals surface area contributed by atoms with Crippen LogP contribution >= 0.6 is 0 Å². The Balaban J connectivity index is 3.63. The minimum atomic E-state index is -0.199. The topological polar surface area (TPSA) is 20.2 Å². The first-order valence-corrected chi connectivity index (χ1v) is 4.57. The van der Waals surface area contributed by atoms with Crippen molar-refractivity contribution in [1.29, 1.82) is 0 Å². The van der Waals surface area contributed by atoms with Crippen LogP contribution in [-0.2, 0) is 0 Å². The van der Waals surface area contributed by atoms with Gasteiger partial charge in [0.2, 0.25) is 0 Å². The average Bonchev–Trinajstić information content (AvgIpc) is 2.00. The predicted octanol–water partition coefficient (Wildman–Crippen LogP) is 2.89. The molecule has 1 heteroatoms. The Morgan fingerprint density at radius 2 is 2.09 bits per heavy atom. The molecule has 0 aromatic rings. The van der Waals surface area contributed by atoms with Crippen molar-refractivity contribution in [3.05, 3.63) is 11.6 Å². The van der Waals surface area contributed by atoms with E-state index in [-0.39, 0.29) is 6.10 Å². The van der Waals surface area contributed by atoms with Gasteiger partial charge in [-0.25, -0.2) is 0 Å². The highest BCUT2D eigenvalue weighted by Gasteiger charge is 2.03. The molecule has 0 saturated carbocycles. The summed E-state index contributed by atoms with van der Waals surface area (Å²) < 4.78 is 0. The monoisotopic (exact) mass is 156 g/mol. The summed E-state index contributed by atoms with van der Waals surface area (Å²) in [4.78, 5) is 0. The van der Waals surface area contributed by atoms with E-state index in [1.165, 1.54) is 0 Å². The van der Waals surface area contributed by atoms with Gasteiger partial charge in [0.1, 0.15) is 0 Å². The quantitative estimate of drug-likeness (QED) is 0.607. The molecule has 0 saturated heterocycles. The summed E-state index contributed by atoms with van der Waals surface area (Å²) >= 11 is 0. The van der Waals surface area contributed by atoms with Crippen LogP contribution in [0.4, 0.5) is 0 Å². The number of aliphatic hydroxyl groups is 1. The summed E-state index contributed by atoms with van der Waals surface area (Å²) in [5.41, 5.74) is 1.13. The number of unbranched alkanes of at least 4 members (excludes halogenated alkanes) is 1. The molecule has 0 heterocycles. The second-order valence-electron chi connectivity index (χ2n) is 3.01. The van der Waals surface area contributed by atoms with E-state index in [9.17, 15) is 5.11 Å². The Kier molecular flexibility index (Phi) is 6.24. The molecule has 1 unspecified atom stereocenters. The molecule has 0 amide bonds. The average molecular weight is 156 g/mol. The van der Waals surface area contributed by atoms with Crippen molar-refractivity contribution in [2.45, 2.75) is 52.6 Å². The van der Waals surface area contributed by atoms with Gasteiger partial charge in [-0.2, -0.15) is 0 Å². The molecule has 0 aromatic heterocycles. The lowest BCUT2D eigenvalue weighted by molar-refractivity contribution is 0.196. The molecule has 0 aromatic carbocycles. The first-order chi connectivity index (χ1) is 5.22. The summed E-state index contributed by atoms with van der Waals surface area (Å²) in [5.74, 6) is 0. The van der Waals surface area contributed by atoms with Gasteiger partial charge in [0.25, 0.3) is 0 Å². The highest BCUT2D eigenvalue weighted by atomic mass is 16.3. The normalized spacial score (nSPS) is 15.1. The minimum absolute atomic E-state index is 0.199. The molecular formula is C10H20O. The van der Waals surface area contributed by atoms with Gasteiger partial charge in [-0.15, -0.1) is 0 Å². The maximum atomic E-state index is 9.51. The molecule has 0 aliphatic heterocycles. The lowest BCUT2D eigenvalue weighted by Crippen LogP contribution is -2.07. The van der Waals surface area contributed by atoms with Crippen LogP contribution in [0.1, 0.15) is 46.5 Å². The molecular weight excluding hydrogens is 136 g/mol. The van der Waals surface area contributed by atoms with Gasteiger partial charge in [-0.1, -0.05) is 32.8 Å². The maximum Gasteiger partial charge on any atom is 0.0747 e. The first-order valence-electron chi connectivity index (χ1n) is 4.57. The zero-order valence-electron chi connectivity index (χ0n) is 7.93. The van der Waals surface area contributed by atoms with Crippen LogP contribution in [0.5, 0.6) is 0 Å². The summed E-state index contributed by atoms with van der Waals surface area (Å²) in [6.07, 6.45) is 6.12. The van der Waals surface area contributed by atoms with Crippen molar-refractivity contribution in [3.63, 3.8) is 0 Å². The highest BCUT2D eigenvalue weighted by Crippen LogP contribution is 2.09. The van der Waals surface area contributed by atoms with Crippen molar-refractivity contribution in [1.82, 2.24) is 0 Å². The van der Waals surface area contributed by atoms with Crippen LogP contribution in [-0.4, -0.2) is 11.2 Å². The van der Waals surface area contributed by atoms with Gasteiger partial charge in [0.05, 0.1) is 6.10 Å². The van der Waals surface area contributed by atoms with Crippen molar-refractivity contribution in [2.24, 2.45) is 0 Å². The second-order valence-corrected chi connectivity index (χ2v) is 3.01. The largest absolute Gasteiger partial charge is 0.389 e. The van der Waals surface area contributed by atoms with Crippen LogP contribution in [0.3, 0.4) is 0 Å². The van der Waals surface area contributed by atoms with E-state index in [2.05, 4.69) is 19.9 Å². The molecule has 0 aliphatic carbocycles. The molecule has 1 nitrogen and oxygen atoms in total. The summed E-state index contributed by atoms with van der Waals surface area (Å²) in [6, 6.07) is 0. The van der Waals surface area contributed by atoms with E-state index in [0.717, 1.165) is 31.3 Å². The van der Waals surface area contributed by atoms with Crippen LogP contribution in [0.15, 0.2) is 11.6 Å². The molecule has 1 atom stereocenters. The lowest BCUT2D eigenvalue weighted by Gasteiger charge is -2.09. The Hall–Kier alpha value is -0.300. The summed E-state index contributed by atoms with van der Waals surface area (Å²) in [5, 5.41) is 9.51. The third-order valence-electron chi connectivity index (χ3n) is 1.88. The fraction of sp³-hybridized carbons (Fsp3) is 0.800. The Morgan fingerprint density at radius 3 is 2.55 bits per heavy atom. The SMILES string of the molecule is CCC=C(C)C(O)CCCC. The van der Waals surface area contributed by atoms with Crippen molar-refractivity contribution < 1.29 is 5.11 Å². The molecule has 0 radical (unpaired) electrons. The molecule has 66 valence electrons. The van der Waals surface area contributed by atoms with Gasteiger partial charge >= 0.3 is 0 Å². The van der Waals surface area contributed by atoms with E-state index in [1.54, 1.807) is 0 Å². The third-order valence-corrected chi connectivity index (χ3v) is 1.88. The van der Waals surface area contributed by atoms with Gasteiger partial charge in [0.15, 0.2) is 0 Å². The van der Waals surface area contributed by atoms with E-state index in [1.807, 2.05) is 6.92 Å². The minimum Gasteiger partial charge on any atom is -0.389 e. The Bertz CT molecular complexity index is 116. The Labute approximate surface area is 70.1 Å². The van der Waals surface area contributed by atoms with Gasteiger partial charge in [-0.3, -0.25) is 0 Å². The zero-order valence-corrected chi connectivity index (χ0v) is 7.93. The number of aliphatic hydroxyl groups excluding tert-OH is 1. The van der Waals surface area contributed by atoms with Crippen molar-refractivity contribution in [2.75, 3.05) is 0 Å². The fourth-order valence-corrected chi connectivity index (χ4v) is 1.08. The van der Waals surface area contributed by atoms with Crippen LogP contribution in [0.2, 0.25) is 0 Å². The highest BCUT2D eigenvalue weighted by molar-refractivity contribution is 5.03. The predicted molar refractivity (Wildman–Crippen MR) is 49.6 cm³/mol. The Morgan fingerprint density at radius 1 is 1.45 bits per heavy atom. The third kappa shape index (κ3) is 5.02. The maximum absolute atomic E-state index is 9.51. The molecule has 0 aliphatic rings. The molecule has 11 heavy (non-hydrogen) atoms. The molecule has 0 spiro atoms. The van der Waals surface area contributed by atoms with Gasteiger partial charge in [0, 0.05) is 0 Å². The molecule has 0 fully saturated rings. The summed E-state index contributed by atoms with van der Waals surface area (Å²) in [7, 11) is 0. The van der Waals surface area contributed by atoms with Crippen molar-refractivity contribution in [3.8, 4) is 0 Å². The lowest BCUT2D eigenvalue weighted by atomic mass is 10.1. The first kappa shape index (κ1) is 10.7. The molecule has 0 rings (SSSR count). The van der Waals surface area contributed by atoms with Crippen molar-refractivity contribution >= 4 is 0 Å². The van der Waals surface area contributed by atoms with E-state index in [0.29, 0.717) is 0 Å². The van der Waals surface area contributed by atoms with Gasteiger partial charge < -0.3 is 5.11 Å². The number of hydrogen-bond acceptors (Lipinski definition) is 1. The molecule has 1 N–H and O–H groups in total. The van der Waals surface area contributed by atoms with Crippen LogP contribution in [0.25, 0.3) is 0 Å².